The van der Waals surface area contributed by atoms with Crippen molar-refractivity contribution in [3.05, 3.63) is 30.3 Å². The first kappa shape index (κ1) is 12.0. The van der Waals surface area contributed by atoms with E-state index in [0.29, 0.717) is 5.75 Å². The van der Waals surface area contributed by atoms with Crippen molar-refractivity contribution in [2.24, 2.45) is 5.92 Å². The molecule has 86 valence electrons. The van der Waals surface area contributed by atoms with Crippen molar-refractivity contribution in [2.75, 3.05) is 0 Å². The zero-order chi connectivity index (χ0) is 12.1. The highest BCUT2D eigenvalue weighted by Crippen LogP contribution is 2.15. The van der Waals surface area contributed by atoms with Crippen LogP contribution in [0.25, 0.3) is 0 Å². The van der Waals surface area contributed by atoms with Gasteiger partial charge in [0.25, 0.3) is 0 Å². The van der Waals surface area contributed by atoms with E-state index in [2.05, 4.69) is 0 Å². The lowest BCUT2D eigenvalue weighted by molar-refractivity contribution is -0.156. The third kappa shape index (κ3) is 2.98. The third-order valence-electron chi connectivity index (χ3n) is 2.09. The minimum atomic E-state index is -1.39. The lowest BCUT2D eigenvalue weighted by atomic mass is 10.1. The molecule has 0 heterocycles. The summed E-state index contributed by atoms with van der Waals surface area (Å²) in [7, 11) is 0. The molecule has 1 aromatic rings. The Kier molecular flexibility index (Phi) is 3.88. The molecule has 0 bridgehead atoms. The number of benzene rings is 1. The predicted octanol–water partition coefficient (Wildman–Crippen LogP) is 1.24. The van der Waals surface area contributed by atoms with E-state index in [9.17, 15) is 9.59 Å². The van der Waals surface area contributed by atoms with Gasteiger partial charge in [-0.1, -0.05) is 18.2 Å². The van der Waals surface area contributed by atoms with Crippen molar-refractivity contribution in [1.29, 1.82) is 0 Å². The fourth-order valence-corrected chi connectivity index (χ4v) is 1.14. The summed E-state index contributed by atoms with van der Waals surface area (Å²) in [5, 5.41) is 17.6. The summed E-state index contributed by atoms with van der Waals surface area (Å²) in [5.41, 5.74) is 0. The van der Waals surface area contributed by atoms with Gasteiger partial charge in [-0.3, -0.25) is 4.79 Å². The molecule has 5 heteroatoms. The van der Waals surface area contributed by atoms with Gasteiger partial charge in [0.05, 0.1) is 0 Å². The number of carboxylic acids is 2. The molecule has 0 aromatic heterocycles. The minimum Gasteiger partial charge on any atom is -0.481 e. The van der Waals surface area contributed by atoms with Gasteiger partial charge >= 0.3 is 11.9 Å². The summed E-state index contributed by atoms with van der Waals surface area (Å²) in [4.78, 5) is 21.6. The average Bonchev–Trinajstić information content (AvgIpc) is 2.26. The lowest BCUT2D eigenvalue weighted by Crippen LogP contribution is -2.37. The summed E-state index contributed by atoms with van der Waals surface area (Å²) in [6.07, 6.45) is -1.39. The van der Waals surface area contributed by atoms with Crippen LogP contribution in [-0.4, -0.2) is 28.3 Å². The summed E-state index contributed by atoms with van der Waals surface area (Å²) in [6, 6.07) is 8.26. The maximum Gasteiger partial charge on any atom is 0.345 e. The van der Waals surface area contributed by atoms with Gasteiger partial charge in [0.1, 0.15) is 11.7 Å². The topological polar surface area (TPSA) is 83.8 Å². The van der Waals surface area contributed by atoms with E-state index in [1.165, 1.54) is 6.92 Å². The van der Waals surface area contributed by atoms with Crippen LogP contribution in [0.1, 0.15) is 6.92 Å². The van der Waals surface area contributed by atoms with E-state index in [4.69, 9.17) is 14.9 Å². The highest BCUT2D eigenvalue weighted by molar-refractivity contribution is 5.81. The Morgan fingerprint density at radius 3 is 2.12 bits per heavy atom. The third-order valence-corrected chi connectivity index (χ3v) is 2.09. The van der Waals surface area contributed by atoms with Crippen molar-refractivity contribution in [2.45, 2.75) is 13.0 Å². The number of carboxylic acid groups (broad SMARTS) is 2. The van der Waals surface area contributed by atoms with Crippen LogP contribution in [0.4, 0.5) is 0 Å². The first-order valence-corrected chi connectivity index (χ1v) is 4.69. The maximum absolute atomic E-state index is 10.9. The standard InChI is InChI=1S/C11H12O5/c1-7(10(12)13)9(11(14)15)16-8-5-3-2-4-6-8/h2-7,9H,1H3,(H,12,13)(H,14,15). The summed E-state index contributed by atoms with van der Waals surface area (Å²) >= 11 is 0. The monoisotopic (exact) mass is 224 g/mol. The highest BCUT2D eigenvalue weighted by atomic mass is 16.5. The largest absolute Gasteiger partial charge is 0.481 e. The smallest absolute Gasteiger partial charge is 0.345 e. The van der Waals surface area contributed by atoms with Crippen LogP contribution in [-0.2, 0) is 9.59 Å². The molecule has 2 N–H and O–H groups in total. The molecule has 1 rings (SSSR count). The van der Waals surface area contributed by atoms with Crippen molar-refractivity contribution < 1.29 is 24.5 Å². The van der Waals surface area contributed by atoms with Crippen molar-refractivity contribution in [3.8, 4) is 5.75 Å². The zero-order valence-corrected chi connectivity index (χ0v) is 8.66. The molecule has 0 amide bonds. The number of rotatable bonds is 5. The SMILES string of the molecule is CC(C(=O)O)C(Oc1ccccc1)C(=O)O. The summed E-state index contributed by atoms with van der Waals surface area (Å²) in [6.45, 7) is 1.30. The van der Waals surface area contributed by atoms with Crippen molar-refractivity contribution >= 4 is 11.9 Å². The Bertz CT molecular complexity index is 373. The molecule has 0 aliphatic carbocycles. The maximum atomic E-state index is 10.9. The van der Waals surface area contributed by atoms with Gasteiger partial charge in [0.15, 0.2) is 0 Å². The number of hydrogen-bond acceptors (Lipinski definition) is 3. The number of aliphatic carboxylic acids is 2. The Hall–Kier alpha value is -2.04. The number of hydrogen-bond donors (Lipinski definition) is 2. The van der Waals surface area contributed by atoms with Gasteiger partial charge in [-0.05, 0) is 19.1 Å². The fraction of sp³-hybridized carbons (Fsp3) is 0.273. The molecule has 0 spiro atoms. The number of carbonyl (C=O) groups is 2. The quantitative estimate of drug-likeness (QED) is 0.786. The van der Waals surface area contributed by atoms with E-state index < -0.39 is 24.0 Å². The number of para-hydroxylation sites is 1. The summed E-state index contributed by atoms with van der Waals surface area (Å²) in [5.74, 6) is -3.28. The molecule has 0 radical (unpaired) electrons. The van der Waals surface area contributed by atoms with Crippen molar-refractivity contribution in [3.63, 3.8) is 0 Å². The van der Waals surface area contributed by atoms with Crippen molar-refractivity contribution in [1.82, 2.24) is 0 Å². The van der Waals surface area contributed by atoms with Crippen LogP contribution < -0.4 is 4.74 Å². The van der Waals surface area contributed by atoms with Crippen LogP contribution in [0.3, 0.4) is 0 Å². The van der Waals surface area contributed by atoms with E-state index in [1.807, 2.05) is 0 Å². The fourth-order valence-electron chi connectivity index (χ4n) is 1.14. The van der Waals surface area contributed by atoms with Gasteiger partial charge in [-0.15, -0.1) is 0 Å². The van der Waals surface area contributed by atoms with Gasteiger partial charge in [-0.2, -0.15) is 0 Å². The van der Waals surface area contributed by atoms with Crippen LogP contribution >= 0.6 is 0 Å². The van der Waals surface area contributed by atoms with Gasteiger partial charge < -0.3 is 14.9 Å². The minimum absolute atomic E-state index is 0.336. The second-order valence-electron chi connectivity index (χ2n) is 3.32. The second kappa shape index (κ2) is 5.16. The van der Waals surface area contributed by atoms with E-state index in [0.717, 1.165) is 0 Å². The summed E-state index contributed by atoms with van der Waals surface area (Å²) < 4.78 is 5.12. The average molecular weight is 224 g/mol. The van der Waals surface area contributed by atoms with Crippen LogP contribution in [0, 0.1) is 5.92 Å². The van der Waals surface area contributed by atoms with Gasteiger partial charge in [0.2, 0.25) is 6.10 Å². The highest BCUT2D eigenvalue weighted by Gasteiger charge is 2.31. The zero-order valence-electron chi connectivity index (χ0n) is 8.66. The number of ether oxygens (including phenoxy) is 1. The Morgan fingerprint density at radius 2 is 1.69 bits per heavy atom. The predicted molar refractivity (Wildman–Crippen MR) is 55.3 cm³/mol. The lowest BCUT2D eigenvalue weighted by Gasteiger charge is -2.18. The molecule has 0 saturated carbocycles. The molecule has 0 aliphatic heterocycles. The first-order valence-electron chi connectivity index (χ1n) is 4.69. The molecule has 0 fully saturated rings. The molecule has 1 aromatic carbocycles. The molecular weight excluding hydrogens is 212 g/mol. The Morgan fingerprint density at radius 1 is 1.12 bits per heavy atom. The molecule has 2 unspecified atom stereocenters. The van der Waals surface area contributed by atoms with E-state index >= 15 is 0 Å². The Labute approximate surface area is 92.3 Å². The van der Waals surface area contributed by atoms with Crippen LogP contribution in [0.2, 0.25) is 0 Å². The molecule has 2 atom stereocenters. The molecule has 0 aliphatic rings. The first-order chi connectivity index (χ1) is 7.52. The molecule has 16 heavy (non-hydrogen) atoms. The normalized spacial score (nSPS) is 13.8. The molecular formula is C11H12O5. The van der Waals surface area contributed by atoms with E-state index in [1.54, 1.807) is 30.3 Å². The van der Waals surface area contributed by atoms with Gasteiger partial charge in [0, 0.05) is 0 Å². The van der Waals surface area contributed by atoms with E-state index in [-0.39, 0.29) is 0 Å². The van der Waals surface area contributed by atoms with Crippen LogP contribution in [0.5, 0.6) is 5.75 Å². The molecule has 5 nitrogen and oxygen atoms in total. The van der Waals surface area contributed by atoms with Gasteiger partial charge in [-0.25, -0.2) is 4.79 Å². The van der Waals surface area contributed by atoms with Crippen LogP contribution in [0.15, 0.2) is 30.3 Å². The Balaban J connectivity index is 2.81. The second-order valence-corrected chi connectivity index (χ2v) is 3.32. The molecule has 0 saturated heterocycles.